The van der Waals surface area contributed by atoms with E-state index in [1.54, 1.807) is 11.8 Å². The highest BCUT2D eigenvalue weighted by Gasteiger charge is 2.39. The first-order chi connectivity index (χ1) is 8.10. The van der Waals surface area contributed by atoms with Crippen LogP contribution in [0.15, 0.2) is 0 Å². The third-order valence-electron chi connectivity index (χ3n) is 3.73. The van der Waals surface area contributed by atoms with E-state index in [1.807, 2.05) is 0 Å². The summed E-state index contributed by atoms with van der Waals surface area (Å²) in [7, 11) is 0. The number of carbonyl (C=O) groups is 2. The van der Waals surface area contributed by atoms with E-state index in [0.29, 0.717) is 44.4 Å². The van der Waals surface area contributed by atoms with E-state index in [9.17, 15) is 9.59 Å². The lowest BCUT2D eigenvalue weighted by Gasteiger charge is -2.42. The molecule has 2 atom stereocenters. The van der Waals surface area contributed by atoms with Gasteiger partial charge in [-0.2, -0.15) is 0 Å². The monoisotopic (exact) mass is 241 g/mol. The second kappa shape index (κ2) is 4.94. The second-order valence-corrected chi connectivity index (χ2v) is 5.08. The lowest BCUT2D eigenvalue weighted by molar-refractivity contribution is -0.144. The minimum absolute atomic E-state index is 0.219. The molecular weight excluding hydrogens is 222 g/mol. The Labute approximate surface area is 101 Å². The van der Waals surface area contributed by atoms with E-state index in [4.69, 9.17) is 9.84 Å². The molecule has 2 unspecified atom stereocenters. The lowest BCUT2D eigenvalue weighted by atomic mass is 9.72. The number of hydrogen-bond donors (Lipinski definition) is 1. The summed E-state index contributed by atoms with van der Waals surface area (Å²) in [5.74, 6) is -0.256. The van der Waals surface area contributed by atoms with Gasteiger partial charge in [0, 0.05) is 13.1 Å². The fourth-order valence-corrected chi connectivity index (χ4v) is 3.13. The molecule has 0 radical (unpaired) electrons. The van der Waals surface area contributed by atoms with Crippen LogP contribution in [0.4, 0.5) is 4.79 Å². The summed E-state index contributed by atoms with van der Waals surface area (Å²) < 4.78 is 4.99. The van der Waals surface area contributed by atoms with Gasteiger partial charge in [-0.1, -0.05) is 0 Å². The molecule has 1 saturated heterocycles. The summed E-state index contributed by atoms with van der Waals surface area (Å²) in [6.45, 7) is 3.49. The normalized spacial score (nSPS) is 32.1. The van der Waals surface area contributed by atoms with Crippen LogP contribution in [0.3, 0.4) is 0 Å². The van der Waals surface area contributed by atoms with Crippen molar-refractivity contribution >= 4 is 12.1 Å². The Balaban J connectivity index is 1.95. The topological polar surface area (TPSA) is 66.8 Å². The molecule has 1 aliphatic heterocycles. The van der Waals surface area contributed by atoms with Gasteiger partial charge < -0.3 is 14.7 Å². The highest BCUT2D eigenvalue weighted by molar-refractivity contribution is 5.70. The van der Waals surface area contributed by atoms with Gasteiger partial charge in [0.25, 0.3) is 0 Å². The number of fused-ring (bicyclic) bond motifs is 2. The predicted octanol–water partition coefficient (Wildman–Crippen LogP) is 1.58. The number of rotatable bonds is 2. The van der Waals surface area contributed by atoms with Crippen molar-refractivity contribution < 1.29 is 19.4 Å². The summed E-state index contributed by atoms with van der Waals surface area (Å²) in [5, 5.41) is 9.05. The molecule has 0 aromatic carbocycles. The third kappa shape index (κ3) is 2.70. The molecule has 2 aliphatic rings. The van der Waals surface area contributed by atoms with Crippen LogP contribution in [0.2, 0.25) is 0 Å². The molecule has 17 heavy (non-hydrogen) atoms. The van der Waals surface area contributed by atoms with Gasteiger partial charge in [-0.25, -0.2) is 4.79 Å². The Kier molecular flexibility index (Phi) is 3.54. The summed E-state index contributed by atoms with van der Waals surface area (Å²) in [4.78, 5) is 24.4. The maximum Gasteiger partial charge on any atom is 0.409 e. The van der Waals surface area contributed by atoms with E-state index in [1.165, 1.54) is 0 Å². The van der Waals surface area contributed by atoms with Gasteiger partial charge in [-0.15, -0.1) is 0 Å². The first-order valence-corrected chi connectivity index (χ1v) is 6.24. The second-order valence-electron chi connectivity index (χ2n) is 5.08. The van der Waals surface area contributed by atoms with Crippen molar-refractivity contribution in [1.82, 2.24) is 4.90 Å². The van der Waals surface area contributed by atoms with Crippen LogP contribution in [0, 0.1) is 17.8 Å². The molecule has 2 bridgehead atoms. The molecule has 96 valence electrons. The SMILES string of the molecule is CCOC(=O)N1CC2CC(CC(C(=O)O)C2)C1. The van der Waals surface area contributed by atoms with Crippen LogP contribution in [-0.2, 0) is 9.53 Å². The first-order valence-electron chi connectivity index (χ1n) is 6.24. The summed E-state index contributed by atoms with van der Waals surface area (Å²) in [5.41, 5.74) is 0. The number of carboxylic acid groups (broad SMARTS) is 1. The molecule has 5 nitrogen and oxygen atoms in total. The fourth-order valence-electron chi connectivity index (χ4n) is 3.13. The van der Waals surface area contributed by atoms with Crippen LogP contribution in [0.25, 0.3) is 0 Å². The maximum atomic E-state index is 11.6. The molecule has 0 aromatic rings. The highest BCUT2D eigenvalue weighted by atomic mass is 16.6. The van der Waals surface area contributed by atoms with E-state index in [2.05, 4.69) is 0 Å². The van der Waals surface area contributed by atoms with E-state index >= 15 is 0 Å². The average molecular weight is 241 g/mol. The Hall–Kier alpha value is -1.26. The summed E-state index contributed by atoms with van der Waals surface area (Å²) >= 11 is 0. The Morgan fingerprint density at radius 2 is 1.82 bits per heavy atom. The van der Waals surface area contributed by atoms with Crippen molar-refractivity contribution in [3.63, 3.8) is 0 Å². The summed E-state index contributed by atoms with van der Waals surface area (Å²) in [6, 6.07) is 0. The molecule has 1 aliphatic carbocycles. The number of carboxylic acids is 1. The first kappa shape index (κ1) is 12.2. The number of piperidine rings is 1. The van der Waals surface area contributed by atoms with E-state index < -0.39 is 5.97 Å². The van der Waals surface area contributed by atoms with Crippen molar-refractivity contribution in [2.75, 3.05) is 19.7 Å². The molecule has 0 spiro atoms. The molecular formula is C12H19NO4. The minimum atomic E-state index is -0.690. The molecule has 2 fully saturated rings. The smallest absolute Gasteiger partial charge is 0.409 e. The number of ether oxygens (including phenoxy) is 1. The predicted molar refractivity (Wildman–Crippen MR) is 60.6 cm³/mol. The number of amides is 1. The van der Waals surface area contributed by atoms with Crippen molar-refractivity contribution in [2.45, 2.75) is 26.2 Å². The molecule has 1 N–H and O–H groups in total. The number of nitrogens with zero attached hydrogens (tertiary/aromatic N) is 1. The standard InChI is InChI=1S/C12H19NO4/c1-2-17-12(16)13-6-8-3-9(7-13)5-10(4-8)11(14)15/h8-10H,2-7H2,1H3,(H,14,15). The van der Waals surface area contributed by atoms with Gasteiger partial charge in [-0.3, -0.25) is 4.79 Å². The lowest BCUT2D eigenvalue weighted by Crippen LogP contribution is -2.48. The van der Waals surface area contributed by atoms with Crippen molar-refractivity contribution in [3.8, 4) is 0 Å². The quantitative estimate of drug-likeness (QED) is 0.797. The maximum absolute atomic E-state index is 11.6. The Bertz CT molecular complexity index is 304. The Morgan fingerprint density at radius 3 is 2.29 bits per heavy atom. The number of aliphatic carboxylic acids is 1. The van der Waals surface area contributed by atoms with E-state index in [-0.39, 0.29) is 12.0 Å². The van der Waals surface area contributed by atoms with Gasteiger partial charge in [0.1, 0.15) is 0 Å². The molecule has 0 aromatic heterocycles. The summed E-state index contributed by atoms with van der Waals surface area (Å²) in [6.07, 6.45) is 2.19. The van der Waals surface area contributed by atoms with Crippen LogP contribution < -0.4 is 0 Å². The molecule has 5 heteroatoms. The van der Waals surface area contributed by atoms with E-state index in [0.717, 1.165) is 6.42 Å². The largest absolute Gasteiger partial charge is 0.481 e. The molecule has 1 amide bonds. The fraction of sp³-hybridized carbons (Fsp3) is 0.833. The Morgan fingerprint density at radius 1 is 1.24 bits per heavy atom. The molecule has 2 rings (SSSR count). The van der Waals surface area contributed by atoms with Gasteiger partial charge in [0.15, 0.2) is 0 Å². The number of likely N-dealkylation sites (tertiary alicyclic amines) is 1. The third-order valence-corrected chi connectivity index (χ3v) is 3.73. The van der Waals surface area contributed by atoms with Crippen molar-refractivity contribution in [1.29, 1.82) is 0 Å². The molecule has 1 saturated carbocycles. The van der Waals surface area contributed by atoms with Crippen LogP contribution in [0.1, 0.15) is 26.2 Å². The average Bonchev–Trinajstić information content (AvgIpc) is 2.27. The van der Waals surface area contributed by atoms with Crippen LogP contribution >= 0.6 is 0 Å². The van der Waals surface area contributed by atoms with Gasteiger partial charge in [0.05, 0.1) is 12.5 Å². The number of hydrogen-bond acceptors (Lipinski definition) is 3. The molecule has 1 heterocycles. The number of carbonyl (C=O) groups excluding carboxylic acids is 1. The highest BCUT2D eigenvalue weighted by Crippen LogP contribution is 2.38. The van der Waals surface area contributed by atoms with Crippen molar-refractivity contribution in [3.05, 3.63) is 0 Å². The van der Waals surface area contributed by atoms with Gasteiger partial charge in [0.2, 0.25) is 0 Å². The van der Waals surface area contributed by atoms with Crippen LogP contribution in [0.5, 0.6) is 0 Å². The van der Waals surface area contributed by atoms with Crippen LogP contribution in [-0.4, -0.2) is 41.8 Å². The van der Waals surface area contributed by atoms with Crippen molar-refractivity contribution in [2.24, 2.45) is 17.8 Å². The minimum Gasteiger partial charge on any atom is -0.481 e. The van der Waals surface area contributed by atoms with Gasteiger partial charge >= 0.3 is 12.1 Å². The zero-order valence-electron chi connectivity index (χ0n) is 10.1. The van der Waals surface area contributed by atoms with Gasteiger partial charge in [-0.05, 0) is 38.0 Å². The zero-order valence-corrected chi connectivity index (χ0v) is 10.1. The zero-order chi connectivity index (χ0) is 12.4.